The number of thiophene rings is 1. The van der Waals surface area contributed by atoms with E-state index in [-0.39, 0.29) is 35.4 Å². The van der Waals surface area contributed by atoms with E-state index in [9.17, 15) is 14.4 Å². The number of carbonyl (C=O) groups is 3. The van der Waals surface area contributed by atoms with Crippen LogP contribution in [-0.2, 0) is 14.3 Å². The maximum absolute atomic E-state index is 14.0. The zero-order chi connectivity index (χ0) is 27.2. The van der Waals surface area contributed by atoms with Gasteiger partial charge in [-0.2, -0.15) is 0 Å². The highest BCUT2D eigenvalue weighted by Gasteiger charge is 2.37. The fourth-order valence-corrected chi connectivity index (χ4v) is 6.08. The van der Waals surface area contributed by atoms with Crippen LogP contribution in [0.4, 0.5) is 5.69 Å². The molecule has 5 nitrogen and oxygen atoms in total. The summed E-state index contributed by atoms with van der Waals surface area (Å²) >= 11 is 1.37. The summed E-state index contributed by atoms with van der Waals surface area (Å²) < 4.78 is 5.78. The highest BCUT2D eigenvalue weighted by molar-refractivity contribution is 7.14. The van der Waals surface area contributed by atoms with E-state index < -0.39 is 0 Å². The lowest BCUT2D eigenvalue weighted by Gasteiger charge is -2.39. The lowest BCUT2D eigenvalue weighted by atomic mass is 9.81. The van der Waals surface area contributed by atoms with Crippen LogP contribution in [0.25, 0.3) is 0 Å². The van der Waals surface area contributed by atoms with Gasteiger partial charge in [0.15, 0.2) is 6.29 Å². The van der Waals surface area contributed by atoms with Crippen LogP contribution in [0.5, 0.6) is 0 Å². The first kappa shape index (κ1) is 29.4. The van der Waals surface area contributed by atoms with Gasteiger partial charge in [0.05, 0.1) is 15.4 Å². The van der Waals surface area contributed by atoms with Crippen LogP contribution in [0.15, 0.2) is 6.07 Å². The second kappa shape index (κ2) is 13.1. The van der Waals surface area contributed by atoms with E-state index in [1.165, 1.54) is 11.3 Å². The molecule has 204 valence electrons. The van der Waals surface area contributed by atoms with Crippen LogP contribution in [0, 0.1) is 35.0 Å². The van der Waals surface area contributed by atoms with Crippen molar-refractivity contribution >= 4 is 35.2 Å². The van der Waals surface area contributed by atoms with Crippen molar-refractivity contribution < 1.29 is 19.1 Å². The first-order chi connectivity index (χ1) is 17.5. The Balaban J connectivity index is 1.82. The van der Waals surface area contributed by atoms with E-state index in [0.717, 1.165) is 69.0 Å². The molecule has 3 rings (SSSR count). The Morgan fingerprint density at radius 2 is 1.78 bits per heavy atom. The summed E-state index contributed by atoms with van der Waals surface area (Å²) in [5.74, 6) is 7.47. The van der Waals surface area contributed by atoms with Gasteiger partial charge in [-0.3, -0.25) is 14.4 Å². The number of rotatable bonds is 8. The molecule has 0 bridgehead atoms. The number of aldehydes is 1. The van der Waals surface area contributed by atoms with Gasteiger partial charge in [0.1, 0.15) is 6.10 Å². The molecule has 1 aromatic rings. The van der Waals surface area contributed by atoms with Gasteiger partial charge in [-0.15, -0.1) is 11.3 Å². The minimum atomic E-state index is -0.148. The van der Waals surface area contributed by atoms with Gasteiger partial charge in [0.25, 0.3) is 0 Å². The second-order valence-corrected chi connectivity index (χ2v) is 13.4. The van der Waals surface area contributed by atoms with Gasteiger partial charge < -0.3 is 9.64 Å². The lowest BCUT2D eigenvalue weighted by Crippen LogP contribution is -2.47. The zero-order valence-electron chi connectivity index (χ0n) is 23.6. The monoisotopic (exact) mass is 527 g/mol. The van der Waals surface area contributed by atoms with Crippen LogP contribution in [-0.4, -0.2) is 30.3 Å². The first-order valence-corrected chi connectivity index (χ1v) is 15.0. The number of hydrogen-bond acceptors (Lipinski definition) is 5. The van der Waals surface area contributed by atoms with Crippen molar-refractivity contribution in [3.63, 3.8) is 0 Å². The minimum absolute atomic E-state index is 0.00640. The van der Waals surface area contributed by atoms with Crippen molar-refractivity contribution in [3.05, 3.63) is 15.8 Å². The molecule has 0 aromatic carbocycles. The minimum Gasteiger partial charge on any atom is -0.462 e. The molecule has 0 N–H and O–H groups in total. The molecule has 0 saturated heterocycles. The summed E-state index contributed by atoms with van der Waals surface area (Å²) in [7, 11) is 0. The van der Waals surface area contributed by atoms with Crippen LogP contribution in [0.2, 0.25) is 0 Å². The highest BCUT2D eigenvalue weighted by atomic mass is 32.1. The molecule has 1 atom stereocenters. The van der Waals surface area contributed by atoms with E-state index >= 15 is 0 Å². The number of carbonyl (C=O) groups excluding carboxylic acids is 3. The molecule has 2 fully saturated rings. The van der Waals surface area contributed by atoms with Gasteiger partial charge >= 0.3 is 5.97 Å². The number of amides is 1. The van der Waals surface area contributed by atoms with E-state index in [1.807, 2.05) is 11.0 Å². The normalized spacial score (nSPS) is 24.9. The van der Waals surface area contributed by atoms with E-state index in [2.05, 4.69) is 53.4 Å². The Morgan fingerprint density at radius 3 is 2.35 bits per heavy atom. The summed E-state index contributed by atoms with van der Waals surface area (Å²) in [5.41, 5.74) is 0.559. The number of nitrogens with zero attached hydrogens (tertiary/aromatic N) is 1. The average Bonchev–Trinajstić information content (AvgIpc) is 3.26. The summed E-state index contributed by atoms with van der Waals surface area (Å²) in [6.07, 6.45) is 9.10. The fraction of sp³-hybridized carbons (Fsp3) is 0.710. The molecule has 1 aromatic heterocycles. The molecule has 1 heterocycles. The summed E-state index contributed by atoms with van der Waals surface area (Å²) in [5, 5.41) is 0. The van der Waals surface area contributed by atoms with Gasteiger partial charge in [-0.1, -0.05) is 39.0 Å². The zero-order valence-corrected chi connectivity index (χ0v) is 24.4. The van der Waals surface area contributed by atoms with Gasteiger partial charge in [-0.05, 0) is 90.0 Å². The molecule has 0 radical (unpaired) electrons. The molecule has 0 spiro atoms. The Labute approximate surface area is 227 Å². The average molecular weight is 528 g/mol. The predicted molar refractivity (Wildman–Crippen MR) is 151 cm³/mol. The smallest absolute Gasteiger partial charge is 0.306 e. The summed E-state index contributed by atoms with van der Waals surface area (Å²) in [4.78, 5) is 41.8. The molecular weight excluding hydrogens is 482 g/mol. The molecule has 6 heteroatoms. The molecule has 37 heavy (non-hydrogen) atoms. The SMILES string of the molecule is CCC(C)CC(=O)OC1CCC(N(C(=O)C2CCC(C)CC2)c2cc(C#CC(C)(C)C)sc2C=O)CC1. The molecule has 2 aliphatic carbocycles. The second-order valence-electron chi connectivity index (χ2n) is 12.3. The maximum atomic E-state index is 14.0. The van der Waals surface area contributed by atoms with Gasteiger partial charge in [-0.25, -0.2) is 0 Å². The molecule has 0 aliphatic heterocycles. The molecule has 2 aliphatic rings. The van der Waals surface area contributed by atoms with Crippen molar-refractivity contribution in [3.8, 4) is 11.8 Å². The van der Waals surface area contributed by atoms with Crippen molar-refractivity contribution in [1.29, 1.82) is 0 Å². The van der Waals surface area contributed by atoms with E-state index in [0.29, 0.717) is 28.8 Å². The van der Waals surface area contributed by atoms with Crippen LogP contribution in [0.1, 0.15) is 120 Å². The highest BCUT2D eigenvalue weighted by Crippen LogP contribution is 2.38. The molecular formula is C31H45NO4S. The number of esters is 1. The third-order valence-corrected chi connectivity index (χ3v) is 8.75. The Morgan fingerprint density at radius 1 is 1.14 bits per heavy atom. The molecule has 1 amide bonds. The predicted octanol–water partition coefficient (Wildman–Crippen LogP) is 7.41. The van der Waals surface area contributed by atoms with Crippen molar-refractivity contribution in [2.24, 2.45) is 23.2 Å². The van der Waals surface area contributed by atoms with Crippen LogP contribution >= 0.6 is 11.3 Å². The number of ether oxygens (including phenoxy) is 1. The first-order valence-electron chi connectivity index (χ1n) is 14.1. The largest absolute Gasteiger partial charge is 0.462 e. The maximum Gasteiger partial charge on any atom is 0.306 e. The third kappa shape index (κ3) is 8.43. The van der Waals surface area contributed by atoms with E-state index in [1.54, 1.807) is 0 Å². The number of hydrogen-bond donors (Lipinski definition) is 0. The summed E-state index contributed by atoms with van der Waals surface area (Å²) in [6.45, 7) is 12.6. The topological polar surface area (TPSA) is 63.7 Å². The standard InChI is InChI=1S/C31H45NO4S/c1-7-21(2)18-29(34)36-25-14-12-24(13-15-25)32(30(35)23-10-8-22(3)9-11-23)27-19-26(37-28(27)20-33)16-17-31(4,5)6/h19-25H,7-15,18H2,1-6H3. The van der Waals surface area contributed by atoms with Gasteiger partial charge in [0, 0.05) is 23.8 Å². The lowest BCUT2D eigenvalue weighted by molar-refractivity contribution is -0.151. The van der Waals surface area contributed by atoms with E-state index in [4.69, 9.17) is 4.74 Å². The Kier molecular flexibility index (Phi) is 10.4. The Bertz CT molecular complexity index is 995. The third-order valence-electron chi connectivity index (χ3n) is 7.79. The van der Waals surface area contributed by atoms with Crippen LogP contribution in [0.3, 0.4) is 0 Å². The molecule has 2 saturated carbocycles. The summed E-state index contributed by atoms with van der Waals surface area (Å²) in [6, 6.07) is 1.93. The molecule has 1 unspecified atom stereocenters. The quantitative estimate of drug-likeness (QED) is 0.201. The van der Waals surface area contributed by atoms with Crippen molar-refractivity contribution in [2.75, 3.05) is 4.90 Å². The van der Waals surface area contributed by atoms with Gasteiger partial charge in [0.2, 0.25) is 5.91 Å². The van der Waals surface area contributed by atoms with Crippen molar-refractivity contribution in [2.45, 2.75) is 118 Å². The Hall–Kier alpha value is -2.13. The van der Waals surface area contributed by atoms with Crippen molar-refractivity contribution in [1.82, 2.24) is 0 Å². The fourth-order valence-electron chi connectivity index (χ4n) is 5.26. The number of anilines is 1. The van der Waals surface area contributed by atoms with Crippen LogP contribution < -0.4 is 4.90 Å².